The van der Waals surface area contributed by atoms with Crippen LogP contribution >= 0.6 is 0 Å². The van der Waals surface area contributed by atoms with Gasteiger partial charge in [0.25, 0.3) is 0 Å². The Morgan fingerprint density at radius 3 is 2.27 bits per heavy atom. The van der Waals surface area contributed by atoms with Crippen molar-refractivity contribution in [1.82, 2.24) is 4.90 Å². The van der Waals surface area contributed by atoms with E-state index in [0.717, 1.165) is 25.2 Å². The fourth-order valence-electron chi connectivity index (χ4n) is 2.36. The maximum Gasteiger partial charge on any atom is 0.347 e. The average molecular weight is 307 g/mol. The molecule has 1 aliphatic rings. The number of amidine groups is 1. The normalized spacial score (nSPS) is 15.8. The lowest BCUT2D eigenvalue weighted by Gasteiger charge is -2.14. The van der Waals surface area contributed by atoms with Crippen LogP contribution in [0.25, 0.3) is 0 Å². The summed E-state index contributed by atoms with van der Waals surface area (Å²) < 4.78 is 15.7. The van der Waals surface area contributed by atoms with Gasteiger partial charge in [-0.25, -0.2) is 4.79 Å². The van der Waals surface area contributed by atoms with Crippen LogP contribution in [0.1, 0.15) is 12.8 Å². The molecule has 1 aromatic carbocycles. The van der Waals surface area contributed by atoms with Gasteiger partial charge in [0.1, 0.15) is 5.84 Å². The van der Waals surface area contributed by atoms with Gasteiger partial charge < -0.3 is 24.4 Å². The van der Waals surface area contributed by atoms with Crippen LogP contribution in [0.15, 0.2) is 17.1 Å². The minimum absolute atomic E-state index is 0.418. The number of rotatable bonds is 4. The Bertz CT molecular complexity index is 561. The molecule has 1 fully saturated rings. The van der Waals surface area contributed by atoms with E-state index < -0.39 is 6.03 Å². The Morgan fingerprint density at radius 1 is 1.18 bits per heavy atom. The first-order valence-corrected chi connectivity index (χ1v) is 6.98. The second-order valence-electron chi connectivity index (χ2n) is 4.90. The van der Waals surface area contributed by atoms with Crippen molar-refractivity contribution in [1.29, 1.82) is 0 Å². The van der Waals surface area contributed by atoms with E-state index >= 15 is 0 Å². The highest BCUT2D eigenvalue weighted by Crippen LogP contribution is 2.39. The van der Waals surface area contributed by atoms with Crippen LogP contribution < -0.4 is 19.5 Å². The number of hydrogen-bond donors (Lipinski definition) is 1. The number of hydrogen-bond acceptors (Lipinski definition) is 4. The summed E-state index contributed by atoms with van der Waals surface area (Å²) >= 11 is 0. The van der Waals surface area contributed by atoms with Crippen LogP contribution in [0, 0.1) is 0 Å². The molecule has 0 bridgehead atoms. The number of aliphatic imine (C=N–C) groups is 1. The van der Waals surface area contributed by atoms with Crippen LogP contribution in [0.5, 0.6) is 17.2 Å². The zero-order valence-corrected chi connectivity index (χ0v) is 13.3. The maximum absolute atomic E-state index is 12.0. The Kier molecular flexibility index (Phi) is 5.08. The monoisotopic (exact) mass is 307 g/mol. The third-order valence-corrected chi connectivity index (χ3v) is 3.48. The third-order valence-electron chi connectivity index (χ3n) is 3.48. The van der Waals surface area contributed by atoms with Gasteiger partial charge in [0.15, 0.2) is 11.5 Å². The highest BCUT2D eigenvalue weighted by atomic mass is 16.5. The molecule has 1 aliphatic heterocycles. The second kappa shape index (κ2) is 7.02. The van der Waals surface area contributed by atoms with E-state index in [-0.39, 0.29) is 0 Å². The number of nitrogens with one attached hydrogen (secondary N) is 1. The van der Waals surface area contributed by atoms with E-state index in [4.69, 9.17) is 14.2 Å². The lowest BCUT2D eigenvalue weighted by Crippen LogP contribution is -2.21. The van der Waals surface area contributed by atoms with Crippen molar-refractivity contribution in [2.45, 2.75) is 12.8 Å². The van der Waals surface area contributed by atoms with E-state index in [1.54, 1.807) is 12.1 Å². The van der Waals surface area contributed by atoms with Crippen molar-refractivity contribution in [3.05, 3.63) is 12.1 Å². The van der Waals surface area contributed by atoms with Crippen molar-refractivity contribution in [3.8, 4) is 17.2 Å². The summed E-state index contributed by atoms with van der Waals surface area (Å²) in [7, 11) is 6.51. The van der Waals surface area contributed by atoms with Gasteiger partial charge in [0.2, 0.25) is 5.75 Å². The van der Waals surface area contributed by atoms with Crippen LogP contribution in [0.2, 0.25) is 0 Å². The molecule has 0 unspecified atom stereocenters. The predicted molar refractivity (Wildman–Crippen MR) is 84.4 cm³/mol. The molecule has 0 spiro atoms. The standard InChI is InChI=1S/C15H21N3O4/c1-18-7-5-6-13(18)17-15(19)16-10-8-11(20-2)14(22-4)12(9-10)21-3/h8-9H,5-7H2,1-4H3,(H,16,19)/b17-13-. The molecule has 1 heterocycles. The van der Waals surface area contributed by atoms with E-state index in [0.29, 0.717) is 22.9 Å². The van der Waals surface area contributed by atoms with Crippen molar-refractivity contribution in [2.24, 2.45) is 4.99 Å². The minimum Gasteiger partial charge on any atom is -0.493 e. The second-order valence-corrected chi connectivity index (χ2v) is 4.90. The van der Waals surface area contributed by atoms with Crippen LogP contribution in [0.3, 0.4) is 0 Å². The summed E-state index contributed by atoms with van der Waals surface area (Å²) in [5.74, 6) is 2.22. The summed E-state index contributed by atoms with van der Waals surface area (Å²) in [5.41, 5.74) is 0.532. The Hall–Kier alpha value is -2.44. The lowest BCUT2D eigenvalue weighted by molar-refractivity contribution is 0.259. The van der Waals surface area contributed by atoms with Gasteiger partial charge in [0.05, 0.1) is 27.0 Å². The summed E-state index contributed by atoms with van der Waals surface area (Å²) in [4.78, 5) is 18.1. The van der Waals surface area contributed by atoms with Crippen molar-refractivity contribution in [2.75, 3.05) is 40.2 Å². The van der Waals surface area contributed by atoms with Gasteiger partial charge in [-0.3, -0.25) is 0 Å². The number of carbonyl (C=O) groups is 1. The van der Waals surface area contributed by atoms with Crippen molar-refractivity contribution in [3.63, 3.8) is 0 Å². The first-order valence-electron chi connectivity index (χ1n) is 6.98. The quantitative estimate of drug-likeness (QED) is 0.924. The summed E-state index contributed by atoms with van der Waals surface area (Å²) in [6.45, 7) is 0.927. The van der Waals surface area contributed by atoms with Crippen molar-refractivity contribution >= 4 is 17.6 Å². The number of likely N-dealkylation sites (tertiary alicyclic amines) is 1. The molecular weight excluding hydrogens is 286 g/mol. The topological polar surface area (TPSA) is 72.4 Å². The van der Waals surface area contributed by atoms with Crippen LogP contribution in [0.4, 0.5) is 10.5 Å². The summed E-state index contributed by atoms with van der Waals surface area (Å²) in [6, 6.07) is 2.91. The molecule has 2 amide bonds. The molecule has 22 heavy (non-hydrogen) atoms. The number of ether oxygens (including phenoxy) is 3. The summed E-state index contributed by atoms with van der Waals surface area (Å²) in [6.07, 6.45) is 1.84. The van der Waals surface area contributed by atoms with Gasteiger partial charge in [-0.2, -0.15) is 4.99 Å². The fourth-order valence-corrected chi connectivity index (χ4v) is 2.36. The molecule has 0 saturated carbocycles. The average Bonchev–Trinajstić information content (AvgIpc) is 2.91. The number of benzene rings is 1. The predicted octanol–water partition coefficient (Wildman–Crippen LogP) is 2.37. The first-order chi connectivity index (χ1) is 10.6. The Labute approximate surface area is 129 Å². The molecule has 1 N–H and O–H groups in total. The highest BCUT2D eigenvalue weighted by molar-refractivity contribution is 6.00. The smallest absolute Gasteiger partial charge is 0.347 e. The Balaban J connectivity index is 2.20. The van der Waals surface area contributed by atoms with E-state index in [1.165, 1.54) is 21.3 Å². The zero-order valence-electron chi connectivity index (χ0n) is 13.3. The van der Waals surface area contributed by atoms with E-state index in [9.17, 15) is 4.79 Å². The fraction of sp³-hybridized carbons (Fsp3) is 0.467. The zero-order chi connectivity index (χ0) is 16.1. The van der Waals surface area contributed by atoms with Crippen molar-refractivity contribution < 1.29 is 19.0 Å². The molecule has 0 aromatic heterocycles. The first kappa shape index (κ1) is 15.9. The molecular formula is C15H21N3O4. The highest BCUT2D eigenvalue weighted by Gasteiger charge is 2.17. The molecule has 1 saturated heterocycles. The summed E-state index contributed by atoms with van der Waals surface area (Å²) in [5, 5.41) is 2.72. The number of methoxy groups -OCH3 is 3. The molecule has 1 aromatic rings. The Morgan fingerprint density at radius 2 is 1.82 bits per heavy atom. The SMILES string of the molecule is COc1cc(NC(=O)/N=C2/CCCN2C)cc(OC)c1OC. The molecule has 7 nitrogen and oxygen atoms in total. The van der Waals surface area contributed by atoms with E-state index in [2.05, 4.69) is 10.3 Å². The number of anilines is 1. The molecule has 0 radical (unpaired) electrons. The van der Waals surface area contributed by atoms with Gasteiger partial charge in [-0.1, -0.05) is 0 Å². The number of amides is 2. The molecule has 2 rings (SSSR count). The molecule has 120 valence electrons. The number of carbonyl (C=O) groups excluding carboxylic acids is 1. The lowest BCUT2D eigenvalue weighted by atomic mass is 10.2. The van der Waals surface area contributed by atoms with Gasteiger partial charge in [0, 0.05) is 32.1 Å². The van der Waals surface area contributed by atoms with Gasteiger partial charge in [-0.15, -0.1) is 0 Å². The number of urea groups is 1. The molecule has 0 aliphatic carbocycles. The molecule has 0 atom stereocenters. The van der Waals surface area contributed by atoms with E-state index in [1.807, 2.05) is 11.9 Å². The molecule has 7 heteroatoms. The minimum atomic E-state index is -0.418. The number of nitrogens with zero attached hydrogens (tertiary/aromatic N) is 2. The van der Waals surface area contributed by atoms with Crippen LogP contribution in [-0.2, 0) is 0 Å². The maximum atomic E-state index is 12.0. The van der Waals surface area contributed by atoms with Crippen LogP contribution in [-0.4, -0.2) is 51.7 Å². The third kappa shape index (κ3) is 3.41. The largest absolute Gasteiger partial charge is 0.493 e. The van der Waals surface area contributed by atoms with Gasteiger partial charge in [-0.05, 0) is 6.42 Å². The van der Waals surface area contributed by atoms with Gasteiger partial charge >= 0.3 is 6.03 Å².